The summed E-state index contributed by atoms with van der Waals surface area (Å²) in [5.74, 6) is -0.730. The third-order valence-corrected chi connectivity index (χ3v) is 9.05. The topological polar surface area (TPSA) is 160 Å². The van der Waals surface area contributed by atoms with E-state index in [1.54, 1.807) is 27.7 Å². The van der Waals surface area contributed by atoms with Gasteiger partial charge in [-0.3, -0.25) is 18.5 Å². The summed E-state index contributed by atoms with van der Waals surface area (Å²) in [7, 11) is -1.75. The summed E-state index contributed by atoms with van der Waals surface area (Å²) < 4.78 is 26.3. The van der Waals surface area contributed by atoms with Gasteiger partial charge in [-0.05, 0) is 26.7 Å². The molecule has 1 saturated heterocycles. The van der Waals surface area contributed by atoms with Gasteiger partial charge in [-0.15, -0.1) is 0 Å². The zero-order chi connectivity index (χ0) is 24.8. The third kappa shape index (κ3) is 4.52. The Balaban J connectivity index is 2.41. The van der Waals surface area contributed by atoms with E-state index < -0.39 is 60.1 Å². The lowest BCUT2D eigenvalue weighted by Gasteiger charge is -2.42. The molecule has 8 unspecified atom stereocenters. The smallest absolute Gasteiger partial charge is 0.359 e. The van der Waals surface area contributed by atoms with Crippen molar-refractivity contribution < 1.29 is 34.0 Å². The summed E-state index contributed by atoms with van der Waals surface area (Å²) in [6.45, 7) is 7.68. The van der Waals surface area contributed by atoms with Crippen LogP contribution in [0.25, 0.3) is 0 Å². The van der Waals surface area contributed by atoms with E-state index >= 15 is 0 Å². The Morgan fingerprint density at radius 1 is 1.19 bits per heavy atom. The van der Waals surface area contributed by atoms with Crippen LogP contribution in [0, 0.1) is 5.92 Å². The van der Waals surface area contributed by atoms with Crippen LogP contribution in [-0.2, 0) is 27.9 Å². The second-order valence-electron chi connectivity index (χ2n) is 8.98. The number of aromatic nitrogens is 2. The number of ether oxygens (including phenoxy) is 1. The Kier molecular flexibility index (Phi) is 7.68. The first-order valence-corrected chi connectivity index (χ1v) is 12.2. The van der Waals surface area contributed by atoms with Gasteiger partial charge in [-0.25, -0.2) is 4.79 Å². The van der Waals surface area contributed by atoms with Crippen molar-refractivity contribution in [1.29, 1.82) is 0 Å². The van der Waals surface area contributed by atoms with Crippen LogP contribution in [0.15, 0.2) is 15.8 Å². The first kappa shape index (κ1) is 26.9. The highest BCUT2D eigenvalue weighted by Crippen LogP contribution is 2.59. The maximum Gasteiger partial charge on any atom is 0.359 e. The van der Waals surface area contributed by atoms with Crippen molar-refractivity contribution in [3.05, 3.63) is 32.6 Å². The standard InChI is InChI=1S/C20H35N2O9P/c1-8-19(4,31-32(28,29)20(5,27)9-2)11(3)15-13(23)14(24)16(30-15)12-10-21(6)18(26)22(7)17(12)25/h10-11,13-16,23-24,27H,8-9H2,1-7H3,(H,28,29). The quantitative estimate of drug-likeness (QED) is 0.387. The van der Waals surface area contributed by atoms with E-state index in [2.05, 4.69) is 0 Å². The molecule has 0 radical (unpaired) electrons. The Labute approximate surface area is 186 Å². The van der Waals surface area contributed by atoms with Crippen LogP contribution in [0.5, 0.6) is 0 Å². The lowest BCUT2D eigenvalue weighted by molar-refractivity contribution is -0.0955. The fourth-order valence-corrected chi connectivity index (χ4v) is 5.26. The highest BCUT2D eigenvalue weighted by atomic mass is 31.2. The summed E-state index contributed by atoms with van der Waals surface area (Å²) in [5.41, 5.74) is -2.54. The molecule has 32 heavy (non-hydrogen) atoms. The maximum atomic E-state index is 12.8. The first-order chi connectivity index (χ1) is 14.5. The zero-order valence-corrected chi connectivity index (χ0v) is 20.4. The fourth-order valence-electron chi connectivity index (χ4n) is 3.80. The molecular formula is C20H35N2O9P. The number of nitrogens with zero attached hydrogens (tertiary/aromatic N) is 2. The fraction of sp³-hybridized carbons (Fsp3) is 0.800. The molecule has 0 aromatic carbocycles. The normalized spacial score (nSPS) is 30.3. The van der Waals surface area contributed by atoms with Gasteiger partial charge in [0.2, 0.25) is 0 Å². The summed E-state index contributed by atoms with van der Waals surface area (Å²) in [6, 6.07) is 0. The van der Waals surface area contributed by atoms with Crippen molar-refractivity contribution in [3.8, 4) is 0 Å². The van der Waals surface area contributed by atoms with Crippen molar-refractivity contribution in [3.63, 3.8) is 0 Å². The molecule has 184 valence electrons. The van der Waals surface area contributed by atoms with Gasteiger partial charge in [0.05, 0.1) is 17.3 Å². The number of hydrogen-bond acceptors (Lipinski definition) is 8. The van der Waals surface area contributed by atoms with Gasteiger partial charge in [-0.2, -0.15) is 0 Å². The highest BCUT2D eigenvalue weighted by molar-refractivity contribution is 7.54. The number of aliphatic hydroxyl groups excluding tert-OH is 2. The number of hydrogen-bond donors (Lipinski definition) is 4. The Morgan fingerprint density at radius 2 is 1.75 bits per heavy atom. The molecule has 4 N–H and O–H groups in total. The molecule has 0 spiro atoms. The molecule has 1 aromatic heterocycles. The van der Waals surface area contributed by atoms with Crippen LogP contribution in [-0.4, -0.2) is 58.6 Å². The molecule has 8 atom stereocenters. The molecule has 12 heteroatoms. The predicted molar refractivity (Wildman–Crippen MR) is 116 cm³/mol. The Hall–Kier alpha value is -1.33. The molecule has 1 aromatic rings. The SMILES string of the molecule is CCC(C)(OP(=O)(O)C(C)(O)CC)C(C)C1OC(c2cn(C)c(=O)n(C)c2=O)C(O)C1O. The lowest BCUT2D eigenvalue weighted by atomic mass is 9.82. The second kappa shape index (κ2) is 9.13. The van der Waals surface area contributed by atoms with Crippen LogP contribution in [0.3, 0.4) is 0 Å². The molecule has 1 fully saturated rings. The van der Waals surface area contributed by atoms with E-state index in [4.69, 9.17) is 9.26 Å². The molecule has 1 aliphatic heterocycles. The summed E-state index contributed by atoms with van der Waals surface area (Å²) in [4.78, 5) is 35.0. The molecule has 0 aliphatic carbocycles. The van der Waals surface area contributed by atoms with Crippen LogP contribution in [0.1, 0.15) is 59.1 Å². The summed E-state index contributed by atoms with van der Waals surface area (Å²) in [6.07, 6.45) is -3.72. The lowest BCUT2D eigenvalue weighted by Crippen LogP contribution is -2.47. The monoisotopic (exact) mass is 478 g/mol. The molecule has 11 nitrogen and oxygen atoms in total. The van der Waals surface area contributed by atoms with Gasteiger partial charge in [0.1, 0.15) is 18.3 Å². The van der Waals surface area contributed by atoms with Gasteiger partial charge in [0.25, 0.3) is 5.56 Å². The van der Waals surface area contributed by atoms with E-state index in [0.717, 1.165) is 4.57 Å². The van der Waals surface area contributed by atoms with Crippen molar-refractivity contribution >= 4 is 7.60 Å². The molecule has 0 saturated carbocycles. The number of aryl methyl sites for hydroxylation is 1. The van der Waals surface area contributed by atoms with Crippen molar-refractivity contribution in [2.24, 2.45) is 20.0 Å². The van der Waals surface area contributed by atoms with Gasteiger partial charge in [0, 0.05) is 26.2 Å². The van der Waals surface area contributed by atoms with E-state index in [0.29, 0.717) is 0 Å². The van der Waals surface area contributed by atoms with Gasteiger partial charge in [0.15, 0.2) is 5.34 Å². The van der Waals surface area contributed by atoms with E-state index in [9.17, 15) is 34.4 Å². The maximum absolute atomic E-state index is 12.8. The largest absolute Gasteiger partial charge is 0.388 e. The molecule has 2 rings (SSSR count). The van der Waals surface area contributed by atoms with Crippen LogP contribution in [0.4, 0.5) is 0 Å². The van der Waals surface area contributed by atoms with Gasteiger partial charge < -0.3 is 29.5 Å². The predicted octanol–water partition coefficient (Wildman–Crippen LogP) is 0.371. The summed E-state index contributed by atoms with van der Waals surface area (Å²) >= 11 is 0. The molecular weight excluding hydrogens is 443 g/mol. The second-order valence-corrected chi connectivity index (χ2v) is 11.2. The summed E-state index contributed by atoms with van der Waals surface area (Å²) in [5, 5.41) is 29.7. The van der Waals surface area contributed by atoms with Crippen LogP contribution >= 0.6 is 7.60 Å². The van der Waals surface area contributed by atoms with Crippen molar-refractivity contribution in [1.82, 2.24) is 9.13 Å². The Bertz CT molecular complexity index is 1000. The third-order valence-electron chi connectivity index (χ3n) is 6.85. The van der Waals surface area contributed by atoms with Gasteiger partial charge >= 0.3 is 13.3 Å². The van der Waals surface area contributed by atoms with E-state index in [1.165, 1.54) is 31.8 Å². The minimum Gasteiger partial charge on any atom is -0.388 e. The minimum absolute atomic E-state index is 0.00304. The molecule has 0 amide bonds. The molecule has 0 bridgehead atoms. The highest BCUT2D eigenvalue weighted by Gasteiger charge is 2.54. The average molecular weight is 478 g/mol. The molecule has 1 aliphatic rings. The number of rotatable bonds is 8. The Morgan fingerprint density at radius 3 is 2.25 bits per heavy atom. The number of aliphatic hydroxyl groups is 3. The van der Waals surface area contributed by atoms with E-state index in [-0.39, 0.29) is 18.4 Å². The van der Waals surface area contributed by atoms with E-state index in [1.807, 2.05) is 0 Å². The van der Waals surface area contributed by atoms with Crippen molar-refractivity contribution in [2.75, 3.05) is 0 Å². The molecule has 2 heterocycles. The zero-order valence-electron chi connectivity index (χ0n) is 19.6. The van der Waals surface area contributed by atoms with Gasteiger partial charge in [-0.1, -0.05) is 20.8 Å². The first-order valence-electron chi connectivity index (χ1n) is 10.6. The van der Waals surface area contributed by atoms with Crippen LogP contribution in [0.2, 0.25) is 0 Å². The minimum atomic E-state index is -4.50. The average Bonchev–Trinajstić information content (AvgIpc) is 3.02. The van der Waals surface area contributed by atoms with Crippen molar-refractivity contribution in [2.45, 2.75) is 82.8 Å². The van der Waals surface area contributed by atoms with Crippen LogP contribution < -0.4 is 11.2 Å².